The molecule has 0 amide bonds. The fourth-order valence-electron chi connectivity index (χ4n) is 1.59. The molecule has 14 heavy (non-hydrogen) atoms. The molecule has 0 radical (unpaired) electrons. The van der Waals surface area contributed by atoms with Crippen molar-refractivity contribution in [1.29, 1.82) is 0 Å². The van der Waals surface area contributed by atoms with Crippen molar-refractivity contribution in [2.75, 3.05) is 18.1 Å². The number of nitrogens with one attached hydrogen (secondary N) is 1. The molecule has 0 spiro atoms. The van der Waals surface area contributed by atoms with E-state index in [2.05, 4.69) is 15.5 Å². The maximum Gasteiger partial charge on any atom is 0.227 e. The van der Waals surface area contributed by atoms with Crippen molar-refractivity contribution in [3.63, 3.8) is 0 Å². The summed E-state index contributed by atoms with van der Waals surface area (Å²) >= 11 is 2.05. The van der Waals surface area contributed by atoms with E-state index in [1.807, 2.05) is 11.8 Å². The number of hydrogen-bond acceptors (Lipinski definition) is 5. The summed E-state index contributed by atoms with van der Waals surface area (Å²) in [6.45, 7) is 0.942. The largest absolute Gasteiger partial charge is 0.340 e. The van der Waals surface area contributed by atoms with E-state index in [1.54, 1.807) is 0 Å². The predicted molar refractivity (Wildman–Crippen MR) is 56.4 cm³/mol. The molecule has 0 saturated carbocycles. The first-order valence-electron chi connectivity index (χ1n) is 5.02. The monoisotopic (exact) mass is 213 g/mol. The van der Waals surface area contributed by atoms with Crippen LogP contribution in [0.1, 0.15) is 18.7 Å². The third kappa shape index (κ3) is 2.99. The zero-order chi connectivity index (χ0) is 9.64. The van der Waals surface area contributed by atoms with Crippen molar-refractivity contribution in [3.05, 3.63) is 12.2 Å². The first kappa shape index (κ1) is 9.98. The molecule has 1 aromatic rings. The fourth-order valence-corrected chi connectivity index (χ4v) is 2.70. The molecule has 1 aliphatic heterocycles. The summed E-state index contributed by atoms with van der Waals surface area (Å²) < 4.78 is 4.92. The van der Waals surface area contributed by atoms with E-state index >= 15 is 0 Å². The summed E-state index contributed by atoms with van der Waals surface area (Å²) in [4.78, 5) is 3.98. The molecular formula is C9H15N3OS. The number of rotatable bonds is 4. The molecule has 4 nitrogen and oxygen atoms in total. The summed E-state index contributed by atoms with van der Waals surface area (Å²) in [5, 5.41) is 7.09. The Morgan fingerprint density at radius 1 is 1.50 bits per heavy atom. The smallest absolute Gasteiger partial charge is 0.227 e. The lowest BCUT2D eigenvalue weighted by Gasteiger charge is -2.22. The van der Waals surface area contributed by atoms with Gasteiger partial charge >= 0.3 is 0 Å². The first-order valence-corrected chi connectivity index (χ1v) is 6.17. The molecule has 0 unspecified atom stereocenters. The van der Waals surface area contributed by atoms with Gasteiger partial charge in [0.2, 0.25) is 5.89 Å². The summed E-state index contributed by atoms with van der Waals surface area (Å²) in [6, 6.07) is 0.694. The van der Waals surface area contributed by atoms with Gasteiger partial charge in [-0.1, -0.05) is 5.16 Å². The van der Waals surface area contributed by atoms with E-state index in [9.17, 15) is 0 Å². The van der Waals surface area contributed by atoms with Gasteiger partial charge in [-0.25, -0.2) is 0 Å². The minimum absolute atomic E-state index is 0.694. The highest BCUT2D eigenvalue weighted by atomic mass is 32.2. The molecule has 0 bridgehead atoms. The van der Waals surface area contributed by atoms with Gasteiger partial charge < -0.3 is 9.84 Å². The third-order valence-electron chi connectivity index (χ3n) is 2.40. The van der Waals surface area contributed by atoms with Crippen LogP contribution in [0, 0.1) is 0 Å². The summed E-state index contributed by atoms with van der Waals surface area (Å²) in [6.07, 6.45) is 4.86. The van der Waals surface area contributed by atoms with E-state index in [0.29, 0.717) is 6.04 Å². The summed E-state index contributed by atoms with van der Waals surface area (Å²) in [5.41, 5.74) is 0. The fraction of sp³-hybridized carbons (Fsp3) is 0.778. The predicted octanol–water partition coefficient (Wildman–Crippen LogP) is 1.10. The minimum Gasteiger partial charge on any atom is -0.340 e. The minimum atomic E-state index is 0.694. The van der Waals surface area contributed by atoms with Crippen molar-refractivity contribution < 1.29 is 4.52 Å². The van der Waals surface area contributed by atoms with Gasteiger partial charge in [-0.3, -0.25) is 0 Å². The van der Waals surface area contributed by atoms with Crippen LogP contribution in [0.4, 0.5) is 0 Å². The van der Waals surface area contributed by atoms with Gasteiger partial charge in [0.15, 0.2) is 6.33 Å². The molecule has 1 N–H and O–H groups in total. The second-order valence-corrected chi connectivity index (χ2v) is 4.65. The van der Waals surface area contributed by atoms with Crippen LogP contribution < -0.4 is 5.32 Å². The van der Waals surface area contributed by atoms with Gasteiger partial charge in [0.1, 0.15) is 0 Å². The molecule has 78 valence electrons. The van der Waals surface area contributed by atoms with E-state index < -0.39 is 0 Å². The molecule has 1 aromatic heterocycles. The zero-order valence-electron chi connectivity index (χ0n) is 8.11. The average Bonchev–Trinajstić information content (AvgIpc) is 2.72. The zero-order valence-corrected chi connectivity index (χ0v) is 8.92. The third-order valence-corrected chi connectivity index (χ3v) is 3.45. The van der Waals surface area contributed by atoms with Crippen LogP contribution in [0.25, 0.3) is 0 Å². The molecule has 0 atom stereocenters. The maximum atomic E-state index is 4.92. The van der Waals surface area contributed by atoms with Crippen molar-refractivity contribution in [3.8, 4) is 0 Å². The normalized spacial score (nSPS) is 18.6. The Balaban J connectivity index is 1.62. The number of aromatic nitrogens is 2. The first-order chi connectivity index (χ1) is 6.95. The molecule has 1 saturated heterocycles. The van der Waals surface area contributed by atoms with Crippen LogP contribution in [0.5, 0.6) is 0 Å². The summed E-state index contributed by atoms with van der Waals surface area (Å²) in [7, 11) is 0. The van der Waals surface area contributed by atoms with E-state index in [-0.39, 0.29) is 0 Å². The lowest BCUT2D eigenvalue weighted by molar-refractivity contribution is 0.369. The van der Waals surface area contributed by atoms with Crippen molar-refractivity contribution >= 4 is 11.8 Å². The molecule has 5 heteroatoms. The second-order valence-electron chi connectivity index (χ2n) is 3.43. The highest BCUT2D eigenvalue weighted by Gasteiger charge is 2.12. The van der Waals surface area contributed by atoms with Crippen molar-refractivity contribution in [1.82, 2.24) is 15.5 Å². The highest BCUT2D eigenvalue weighted by Crippen LogP contribution is 2.16. The molecule has 2 heterocycles. The Kier molecular flexibility index (Phi) is 3.82. The van der Waals surface area contributed by atoms with Gasteiger partial charge in [0.25, 0.3) is 0 Å². The Hall–Kier alpha value is -0.550. The Morgan fingerprint density at radius 2 is 2.36 bits per heavy atom. The molecular weight excluding hydrogens is 198 g/mol. The lowest BCUT2D eigenvalue weighted by atomic mass is 10.1. The number of thioether (sulfide) groups is 1. The van der Waals surface area contributed by atoms with Crippen LogP contribution in [-0.2, 0) is 6.42 Å². The van der Waals surface area contributed by atoms with Crippen LogP contribution in [0.3, 0.4) is 0 Å². The standard InChI is InChI=1S/C9H15N3OS/c1(9-11-7-12-13-9)4-10-8-2-5-14-6-3-8/h7-8,10H,1-6H2. The topological polar surface area (TPSA) is 51.0 Å². The molecule has 1 aliphatic rings. The Labute approximate surface area is 87.8 Å². The van der Waals surface area contributed by atoms with Crippen molar-refractivity contribution in [2.24, 2.45) is 0 Å². The number of hydrogen-bond donors (Lipinski definition) is 1. The van der Waals surface area contributed by atoms with Gasteiger partial charge in [0, 0.05) is 19.0 Å². The van der Waals surface area contributed by atoms with Crippen LogP contribution in [-0.4, -0.2) is 34.2 Å². The van der Waals surface area contributed by atoms with Gasteiger partial charge in [-0.2, -0.15) is 16.7 Å². The molecule has 1 fully saturated rings. The van der Waals surface area contributed by atoms with Gasteiger partial charge in [0.05, 0.1) is 0 Å². The van der Waals surface area contributed by atoms with E-state index in [1.165, 1.54) is 30.7 Å². The van der Waals surface area contributed by atoms with Crippen molar-refractivity contribution in [2.45, 2.75) is 25.3 Å². The molecule has 0 aromatic carbocycles. The average molecular weight is 213 g/mol. The Morgan fingerprint density at radius 3 is 3.07 bits per heavy atom. The number of nitrogens with zero attached hydrogens (tertiary/aromatic N) is 2. The van der Waals surface area contributed by atoms with Crippen LogP contribution in [0.15, 0.2) is 10.9 Å². The highest BCUT2D eigenvalue weighted by molar-refractivity contribution is 7.99. The van der Waals surface area contributed by atoms with Gasteiger partial charge in [-0.05, 0) is 24.3 Å². The van der Waals surface area contributed by atoms with E-state index in [0.717, 1.165) is 18.9 Å². The molecule has 2 rings (SSSR count). The SMILES string of the molecule is c1noc(CCNC2CCSCC2)n1. The quantitative estimate of drug-likeness (QED) is 0.811. The van der Waals surface area contributed by atoms with Crippen LogP contribution >= 0.6 is 11.8 Å². The summed E-state index contributed by atoms with van der Waals surface area (Å²) in [5.74, 6) is 3.30. The maximum absolute atomic E-state index is 4.92. The molecule has 0 aliphatic carbocycles. The Bertz CT molecular complexity index is 247. The van der Waals surface area contributed by atoms with Gasteiger partial charge in [-0.15, -0.1) is 0 Å². The van der Waals surface area contributed by atoms with Crippen LogP contribution in [0.2, 0.25) is 0 Å². The van der Waals surface area contributed by atoms with E-state index in [4.69, 9.17) is 4.52 Å². The second kappa shape index (κ2) is 5.36. The lowest BCUT2D eigenvalue weighted by Crippen LogP contribution is -2.33.